The summed E-state index contributed by atoms with van der Waals surface area (Å²) in [4.78, 5) is 32.4. The van der Waals surface area contributed by atoms with Gasteiger partial charge in [-0.3, -0.25) is 19.7 Å². The van der Waals surface area contributed by atoms with Crippen LogP contribution in [0.3, 0.4) is 0 Å². The molecule has 0 radical (unpaired) electrons. The summed E-state index contributed by atoms with van der Waals surface area (Å²) in [6.07, 6.45) is 0. The summed E-state index contributed by atoms with van der Waals surface area (Å²) < 4.78 is 0. The van der Waals surface area contributed by atoms with E-state index in [-0.39, 0.29) is 29.5 Å². The van der Waals surface area contributed by atoms with Gasteiger partial charge in [0.2, 0.25) is 11.8 Å². The maximum atomic E-state index is 11.5. The Labute approximate surface area is 113 Å². The normalized spacial score (nSPS) is 9.79. The number of anilines is 1. The van der Waals surface area contributed by atoms with Crippen LogP contribution in [0, 0.1) is 10.1 Å². The molecule has 0 saturated carbocycles. The molecule has 0 bridgehead atoms. The molecule has 8 nitrogen and oxygen atoms in total. The van der Waals surface area contributed by atoms with Crippen molar-refractivity contribution in [3.63, 3.8) is 0 Å². The van der Waals surface area contributed by atoms with Crippen LogP contribution >= 0.6 is 11.6 Å². The molecule has 4 N–H and O–H groups in total. The number of benzene rings is 1. The molecule has 0 aliphatic carbocycles. The van der Waals surface area contributed by atoms with Crippen molar-refractivity contribution in [1.82, 2.24) is 5.32 Å². The Hall–Kier alpha value is -2.19. The van der Waals surface area contributed by atoms with Crippen LogP contribution in [0.4, 0.5) is 11.4 Å². The van der Waals surface area contributed by atoms with Crippen molar-refractivity contribution in [1.29, 1.82) is 0 Å². The second kappa shape index (κ2) is 6.66. The number of nitro benzene ring substituents is 1. The number of nitrogens with zero attached hydrogens (tertiary/aromatic N) is 1. The molecule has 0 heterocycles. The summed E-state index contributed by atoms with van der Waals surface area (Å²) in [6.45, 7) is -0.565. The van der Waals surface area contributed by atoms with Gasteiger partial charge < -0.3 is 16.4 Å². The molecule has 0 aliphatic rings. The lowest BCUT2D eigenvalue weighted by Gasteiger charge is -2.07. The number of rotatable bonds is 5. The highest BCUT2D eigenvalue weighted by Crippen LogP contribution is 2.27. The van der Waals surface area contributed by atoms with E-state index in [1.54, 1.807) is 0 Å². The Bertz CT molecular complexity index is 520. The topological polar surface area (TPSA) is 127 Å². The summed E-state index contributed by atoms with van der Waals surface area (Å²) in [7, 11) is 0. The van der Waals surface area contributed by atoms with Crippen molar-refractivity contribution in [2.45, 2.75) is 0 Å². The van der Waals surface area contributed by atoms with Crippen molar-refractivity contribution < 1.29 is 14.5 Å². The fourth-order valence-corrected chi connectivity index (χ4v) is 1.37. The standard InChI is InChI=1S/C10H11ClN4O4/c11-6-1-2-7(8(3-6)15(18)19)14-10(17)5-13-9(16)4-12/h1-3H,4-5,12H2,(H,13,16)(H,14,17). The predicted octanol–water partition coefficient (Wildman–Crippen LogP) is 0.262. The highest BCUT2D eigenvalue weighted by Gasteiger charge is 2.16. The van der Waals surface area contributed by atoms with Crippen LogP contribution in [-0.4, -0.2) is 29.8 Å². The Morgan fingerprint density at radius 2 is 2.05 bits per heavy atom. The molecule has 1 aromatic rings. The lowest BCUT2D eigenvalue weighted by Crippen LogP contribution is -2.36. The van der Waals surface area contributed by atoms with Crippen LogP contribution in [0.25, 0.3) is 0 Å². The molecular weight excluding hydrogens is 276 g/mol. The molecule has 0 fully saturated rings. The van der Waals surface area contributed by atoms with Crippen LogP contribution in [0.5, 0.6) is 0 Å². The van der Waals surface area contributed by atoms with E-state index >= 15 is 0 Å². The first-order valence-electron chi connectivity index (χ1n) is 5.14. The maximum Gasteiger partial charge on any atom is 0.294 e. The third kappa shape index (κ3) is 4.53. The molecule has 0 aliphatic heterocycles. The van der Waals surface area contributed by atoms with Gasteiger partial charge in [-0.15, -0.1) is 0 Å². The quantitative estimate of drug-likeness (QED) is 0.528. The molecule has 0 spiro atoms. The number of amides is 2. The van der Waals surface area contributed by atoms with Gasteiger partial charge >= 0.3 is 0 Å². The SMILES string of the molecule is NCC(=O)NCC(=O)Nc1ccc(Cl)cc1[N+](=O)[O-]. The first kappa shape index (κ1) is 14.9. The zero-order valence-electron chi connectivity index (χ0n) is 9.68. The van der Waals surface area contributed by atoms with Crippen LogP contribution in [0.15, 0.2) is 18.2 Å². The van der Waals surface area contributed by atoms with Gasteiger partial charge in [-0.1, -0.05) is 11.6 Å². The minimum absolute atomic E-state index is 0.00129. The third-order valence-corrected chi connectivity index (χ3v) is 2.30. The molecule has 19 heavy (non-hydrogen) atoms. The number of halogens is 1. The van der Waals surface area contributed by atoms with E-state index in [1.807, 2.05) is 0 Å². The molecule has 1 aromatic carbocycles. The number of hydrogen-bond donors (Lipinski definition) is 3. The van der Waals surface area contributed by atoms with E-state index in [4.69, 9.17) is 17.3 Å². The molecular formula is C10H11ClN4O4. The van der Waals surface area contributed by atoms with Gasteiger partial charge in [-0.05, 0) is 12.1 Å². The highest BCUT2D eigenvalue weighted by molar-refractivity contribution is 6.31. The van der Waals surface area contributed by atoms with Gasteiger partial charge in [0.15, 0.2) is 0 Å². The Kier molecular flexibility index (Phi) is 5.22. The third-order valence-electron chi connectivity index (χ3n) is 2.06. The zero-order valence-corrected chi connectivity index (χ0v) is 10.4. The van der Waals surface area contributed by atoms with Gasteiger partial charge in [0.05, 0.1) is 18.0 Å². The molecule has 0 atom stereocenters. The Morgan fingerprint density at radius 3 is 2.63 bits per heavy atom. The molecule has 2 amide bonds. The average Bonchev–Trinajstić information content (AvgIpc) is 2.37. The summed E-state index contributed by atoms with van der Waals surface area (Å²) in [5.74, 6) is -1.10. The molecule has 9 heteroatoms. The van der Waals surface area contributed by atoms with Gasteiger partial charge in [0.1, 0.15) is 5.69 Å². The number of nitrogens with one attached hydrogen (secondary N) is 2. The second-order valence-electron chi connectivity index (χ2n) is 3.45. The van der Waals surface area contributed by atoms with Crippen molar-refractivity contribution in [2.24, 2.45) is 5.73 Å². The molecule has 102 valence electrons. The van der Waals surface area contributed by atoms with Crippen LogP contribution in [0.2, 0.25) is 5.02 Å². The highest BCUT2D eigenvalue weighted by atomic mass is 35.5. The number of nitro groups is 1. The second-order valence-corrected chi connectivity index (χ2v) is 3.88. The van der Waals surface area contributed by atoms with E-state index in [2.05, 4.69) is 10.6 Å². The lowest BCUT2D eigenvalue weighted by molar-refractivity contribution is -0.383. The lowest BCUT2D eigenvalue weighted by atomic mass is 10.2. The first-order valence-corrected chi connectivity index (χ1v) is 5.52. The van der Waals surface area contributed by atoms with Crippen molar-refractivity contribution >= 4 is 34.8 Å². The summed E-state index contributed by atoms with van der Waals surface area (Å²) >= 11 is 5.63. The van der Waals surface area contributed by atoms with E-state index in [0.29, 0.717) is 0 Å². The fraction of sp³-hybridized carbons (Fsp3) is 0.200. The molecule has 0 aromatic heterocycles. The smallest absolute Gasteiger partial charge is 0.294 e. The molecule has 0 saturated heterocycles. The molecule has 0 unspecified atom stereocenters. The predicted molar refractivity (Wildman–Crippen MR) is 68.8 cm³/mol. The summed E-state index contributed by atoms with van der Waals surface area (Å²) in [5.41, 5.74) is 4.72. The van der Waals surface area contributed by atoms with Gasteiger partial charge in [0.25, 0.3) is 5.69 Å². The minimum Gasteiger partial charge on any atom is -0.346 e. The van der Waals surface area contributed by atoms with E-state index in [9.17, 15) is 19.7 Å². The van der Waals surface area contributed by atoms with Crippen molar-refractivity contribution in [2.75, 3.05) is 18.4 Å². The summed E-state index contributed by atoms with van der Waals surface area (Å²) in [5, 5.41) is 15.5. The van der Waals surface area contributed by atoms with Gasteiger partial charge in [-0.2, -0.15) is 0 Å². The van der Waals surface area contributed by atoms with E-state index < -0.39 is 16.7 Å². The Morgan fingerprint density at radius 1 is 1.37 bits per heavy atom. The number of carbonyl (C=O) groups excluding carboxylic acids is 2. The van der Waals surface area contributed by atoms with Gasteiger partial charge in [0, 0.05) is 11.1 Å². The minimum atomic E-state index is -0.667. The first-order chi connectivity index (χ1) is 8.93. The average molecular weight is 287 g/mol. The van der Waals surface area contributed by atoms with Gasteiger partial charge in [-0.25, -0.2) is 0 Å². The number of hydrogen-bond acceptors (Lipinski definition) is 5. The van der Waals surface area contributed by atoms with Crippen LogP contribution < -0.4 is 16.4 Å². The zero-order chi connectivity index (χ0) is 14.4. The number of carbonyl (C=O) groups is 2. The fourth-order valence-electron chi connectivity index (χ4n) is 1.21. The van der Waals surface area contributed by atoms with E-state index in [1.165, 1.54) is 12.1 Å². The van der Waals surface area contributed by atoms with Crippen LogP contribution in [-0.2, 0) is 9.59 Å². The largest absolute Gasteiger partial charge is 0.346 e. The molecule has 1 rings (SSSR count). The maximum absolute atomic E-state index is 11.5. The van der Waals surface area contributed by atoms with E-state index in [0.717, 1.165) is 6.07 Å². The van der Waals surface area contributed by atoms with Crippen LogP contribution in [0.1, 0.15) is 0 Å². The summed E-state index contributed by atoms with van der Waals surface area (Å²) in [6, 6.07) is 3.83. The number of nitrogens with two attached hydrogens (primary N) is 1. The Balaban J connectivity index is 2.74. The monoisotopic (exact) mass is 286 g/mol. The van der Waals surface area contributed by atoms with Crippen molar-refractivity contribution in [3.05, 3.63) is 33.3 Å². The van der Waals surface area contributed by atoms with Crippen molar-refractivity contribution in [3.8, 4) is 0 Å².